The summed E-state index contributed by atoms with van der Waals surface area (Å²) < 4.78 is 33.5. The Kier molecular flexibility index (Phi) is 34.2. The van der Waals surface area contributed by atoms with E-state index in [2.05, 4.69) is 74.6 Å². The maximum absolute atomic E-state index is 12.9. The Morgan fingerprint density at radius 3 is 1.50 bits per heavy atom. The maximum Gasteiger partial charge on any atom is 0.306 e. The summed E-state index contributed by atoms with van der Waals surface area (Å²) >= 11 is 0. The van der Waals surface area contributed by atoms with Crippen LogP contribution in [0.4, 0.5) is 0 Å². The van der Waals surface area contributed by atoms with Crippen molar-refractivity contribution in [1.29, 1.82) is 0 Å². The first-order valence-corrected chi connectivity index (χ1v) is 24.9. The molecule has 66 heavy (non-hydrogen) atoms. The van der Waals surface area contributed by atoms with Gasteiger partial charge >= 0.3 is 11.9 Å². The number of rotatable bonds is 37. The van der Waals surface area contributed by atoms with Crippen molar-refractivity contribution in [3.05, 3.63) is 60.8 Å². The highest BCUT2D eigenvalue weighted by molar-refractivity contribution is 5.70. The highest BCUT2D eigenvalue weighted by atomic mass is 16.7. The summed E-state index contributed by atoms with van der Waals surface area (Å²) in [6, 6.07) is 0. The predicted octanol–water partition coefficient (Wildman–Crippen LogP) is 6.49. The number of esters is 2. The molecule has 2 aliphatic heterocycles. The Bertz CT molecular complexity index is 1380. The van der Waals surface area contributed by atoms with Crippen molar-refractivity contribution in [2.24, 2.45) is 0 Å². The number of carbonyl (C=O) groups is 2. The fourth-order valence-electron chi connectivity index (χ4n) is 7.30. The van der Waals surface area contributed by atoms with Crippen molar-refractivity contribution >= 4 is 11.9 Å². The lowest BCUT2D eigenvalue weighted by Crippen LogP contribution is -2.61. The predicted molar refractivity (Wildman–Crippen MR) is 252 cm³/mol. The summed E-state index contributed by atoms with van der Waals surface area (Å²) in [6.07, 6.45) is 25.4. The summed E-state index contributed by atoms with van der Waals surface area (Å²) in [5.74, 6) is -0.978. The first-order valence-electron chi connectivity index (χ1n) is 24.9. The van der Waals surface area contributed by atoms with Crippen LogP contribution in [0.1, 0.15) is 155 Å². The van der Waals surface area contributed by atoms with E-state index in [1.807, 2.05) is 0 Å². The Labute approximate surface area is 394 Å². The first-order chi connectivity index (χ1) is 32.0. The second-order valence-electron chi connectivity index (χ2n) is 17.3. The second kappa shape index (κ2) is 38.1. The highest BCUT2D eigenvalue weighted by Gasteiger charge is 2.47. The molecule has 0 aromatic rings. The van der Waals surface area contributed by atoms with Gasteiger partial charge in [0.1, 0.15) is 55.4 Å². The van der Waals surface area contributed by atoms with Gasteiger partial charge in [-0.15, -0.1) is 0 Å². The Morgan fingerprint density at radius 2 is 0.924 bits per heavy atom. The molecule has 15 nitrogen and oxygen atoms in total. The third-order valence-electron chi connectivity index (χ3n) is 11.5. The van der Waals surface area contributed by atoms with Crippen LogP contribution in [-0.2, 0) is 38.0 Å². The molecular formula is C51H86O15. The van der Waals surface area contributed by atoms with Crippen LogP contribution in [0.25, 0.3) is 0 Å². The molecule has 0 aromatic heterocycles. The zero-order valence-electron chi connectivity index (χ0n) is 39.9. The van der Waals surface area contributed by atoms with Crippen molar-refractivity contribution < 1.29 is 73.8 Å². The van der Waals surface area contributed by atoms with E-state index in [9.17, 15) is 45.3 Å². The van der Waals surface area contributed by atoms with Crippen LogP contribution in [0.2, 0.25) is 0 Å². The van der Waals surface area contributed by atoms with Gasteiger partial charge in [-0.1, -0.05) is 126 Å². The standard InChI is InChI=1S/C51H86O15/c1-3-5-7-9-11-13-15-16-17-18-19-20-21-22-24-25-27-29-31-33-42(53)61-36-39(64-43(54)34-32-30-28-26-23-14-12-10-8-6-4-2)37-62-50-49(60)47(58)45(56)41(66-50)38-63-51-48(59)46(57)44(55)40(35-52)65-51/h10-13,16-17,19-20,22,24,39-41,44-52,55-60H,3-9,14-15,18,21,23,25-38H2,1-2H3/b12-10+,13-11+,17-16+,20-19+,24-22+/t39-,40+,41+,44-,45-,46?,47?,48?,49?,50+,51+/m0/s1. The summed E-state index contributed by atoms with van der Waals surface area (Å²) in [5.41, 5.74) is 0. The topological polar surface area (TPSA) is 231 Å². The van der Waals surface area contributed by atoms with Crippen LogP contribution in [0, 0.1) is 0 Å². The molecule has 2 rings (SSSR count). The molecule has 0 radical (unpaired) electrons. The van der Waals surface area contributed by atoms with Gasteiger partial charge in [0, 0.05) is 12.8 Å². The zero-order chi connectivity index (χ0) is 48.2. The molecule has 2 fully saturated rings. The van der Waals surface area contributed by atoms with E-state index in [1.165, 1.54) is 32.1 Å². The minimum Gasteiger partial charge on any atom is -0.462 e. The lowest BCUT2D eigenvalue weighted by Gasteiger charge is -2.42. The van der Waals surface area contributed by atoms with E-state index in [4.69, 9.17) is 28.4 Å². The Balaban J connectivity index is 1.82. The van der Waals surface area contributed by atoms with Gasteiger partial charge in [-0.05, 0) is 77.0 Å². The number of allylic oxidation sites excluding steroid dienone is 10. The number of hydrogen-bond donors (Lipinski definition) is 7. The quantitative estimate of drug-likeness (QED) is 0.0201. The van der Waals surface area contributed by atoms with Gasteiger partial charge in [0.05, 0.1) is 19.8 Å². The zero-order valence-corrected chi connectivity index (χ0v) is 39.9. The molecule has 2 aliphatic rings. The summed E-state index contributed by atoms with van der Waals surface area (Å²) in [5, 5.41) is 72.0. The SMILES string of the molecule is CCCC/C=C/CCCCCCCC(=O)O[C@@H](COC(=O)CCCCC/C=C/C/C=C/C/C=C/C/C=C/CCCCC)CO[C@@H]1O[C@H](CO[C@@H]2O[C@H](CO)[C@H](O)C(O)C2O)[C@H](O)C(O)C1O. The average molecular weight is 939 g/mol. The molecule has 0 aliphatic carbocycles. The molecule has 0 bridgehead atoms. The number of carbonyl (C=O) groups excluding carboxylic acids is 2. The summed E-state index contributed by atoms with van der Waals surface area (Å²) in [6.45, 7) is 2.45. The molecule has 2 heterocycles. The van der Waals surface area contributed by atoms with Crippen molar-refractivity contribution in [3.63, 3.8) is 0 Å². The smallest absolute Gasteiger partial charge is 0.306 e. The van der Waals surface area contributed by atoms with Crippen LogP contribution in [-0.4, -0.2) is 142 Å². The molecular weight excluding hydrogens is 853 g/mol. The van der Waals surface area contributed by atoms with Gasteiger partial charge < -0.3 is 64.2 Å². The van der Waals surface area contributed by atoms with Crippen LogP contribution < -0.4 is 0 Å². The largest absolute Gasteiger partial charge is 0.462 e. The molecule has 0 spiro atoms. The van der Waals surface area contributed by atoms with Crippen molar-refractivity contribution in [2.75, 3.05) is 26.4 Å². The third kappa shape index (κ3) is 26.1. The van der Waals surface area contributed by atoms with Gasteiger partial charge in [0.15, 0.2) is 18.7 Å². The molecule has 4 unspecified atom stereocenters. The minimum atomic E-state index is -1.77. The number of aliphatic hydroxyl groups excluding tert-OH is 7. The van der Waals surface area contributed by atoms with Crippen LogP contribution in [0.3, 0.4) is 0 Å². The molecule has 15 heteroatoms. The molecule has 0 saturated carbocycles. The van der Waals surface area contributed by atoms with E-state index >= 15 is 0 Å². The van der Waals surface area contributed by atoms with E-state index in [-0.39, 0.29) is 19.4 Å². The molecule has 380 valence electrons. The molecule has 2 saturated heterocycles. The Hall–Kier alpha value is -2.80. The van der Waals surface area contributed by atoms with Crippen LogP contribution in [0.15, 0.2) is 60.8 Å². The summed E-state index contributed by atoms with van der Waals surface area (Å²) in [7, 11) is 0. The van der Waals surface area contributed by atoms with E-state index < -0.39 is 99.3 Å². The third-order valence-corrected chi connectivity index (χ3v) is 11.5. The van der Waals surface area contributed by atoms with E-state index in [0.29, 0.717) is 12.8 Å². The van der Waals surface area contributed by atoms with Gasteiger partial charge in [0.25, 0.3) is 0 Å². The number of unbranched alkanes of at least 4 members (excludes halogenated alkanes) is 13. The van der Waals surface area contributed by atoms with Crippen molar-refractivity contribution in [2.45, 2.75) is 223 Å². The maximum atomic E-state index is 12.9. The first kappa shape index (κ1) is 59.3. The van der Waals surface area contributed by atoms with Crippen LogP contribution in [0.5, 0.6) is 0 Å². The monoisotopic (exact) mass is 939 g/mol. The highest BCUT2D eigenvalue weighted by Crippen LogP contribution is 2.26. The molecule has 11 atom stereocenters. The van der Waals surface area contributed by atoms with Gasteiger partial charge in [0.2, 0.25) is 0 Å². The lowest BCUT2D eigenvalue weighted by molar-refractivity contribution is -0.332. The van der Waals surface area contributed by atoms with Crippen LogP contribution >= 0.6 is 0 Å². The molecule has 7 N–H and O–H groups in total. The fourth-order valence-corrected chi connectivity index (χ4v) is 7.30. The van der Waals surface area contributed by atoms with E-state index in [1.54, 1.807) is 0 Å². The Morgan fingerprint density at radius 1 is 0.485 bits per heavy atom. The van der Waals surface area contributed by atoms with Gasteiger partial charge in [-0.2, -0.15) is 0 Å². The lowest BCUT2D eigenvalue weighted by atomic mass is 9.98. The number of aliphatic hydroxyl groups is 7. The number of ether oxygens (including phenoxy) is 6. The van der Waals surface area contributed by atoms with Crippen molar-refractivity contribution in [3.8, 4) is 0 Å². The summed E-state index contributed by atoms with van der Waals surface area (Å²) in [4.78, 5) is 25.7. The fraction of sp³-hybridized carbons (Fsp3) is 0.765. The normalized spacial score (nSPS) is 26.7. The molecule has 0 amide bonds. The van der Waals surface area contributed by atoms with Gasteiger partial charge in [-0.3, -0.25) is 9.59 Å². The second-order valence-corrected chi connectivity index (χ2v) is 17.3. The van der Waals surface area contributed by atoms with Crippen molar-refractivity contribution in [1.82, 2.24) is 0 Å². The molecule has 0 aromatic carbocycles. The van der Waals surface area contributed by atoms with E-state index in [0.717, 1.165) is 83.5 Å². The minimum absolute atomic E-state index is 0.144. The van der Waals surface area contributed by atoms with Gasteiger partial charge in [-0.25, -0.2) is 0 Å². The average Bonchev–Trinajstić information content (AvgIpc) is 3.31. The number of hydrogen-bond acceptors (Lipinski definition) is 15.